The second kappa shape index (κ2) is 7.88. The van der Waals surface area contributed by atoms with Gasteiger partial charge in [0.25, 0.3) is 0 Å². The van der Waals surface area contributed by atoms with Gasteiger partial charge in [0.2, 0.25) is 0 Å². The summed E-state index contributed by atoms with van der Waals surface area (Å²) in [5, 5.41) is 8.90. The van der Waals surface area contributed by atoms with Gasteiger partial charge < -0.3 is 5.11 Å². The van der Waals surface area contributed by atoms with Gasteiger partial charge >= 0.3 is 5.97 Å². The summed E-state index contributed by atoms with van der Waals surface area (Å²) in [5.41, 5.74) is 3.05. The molecule has 0 aliphatic heterocycles. The Bertz CT molecular complexity index is 829. The van der Waals surface area contributed by atoms with Crippen molar-refractivity contribution < 1.29 is 9.90 Å². The Kier molecular flexibility index (Phi) is 5.60. The highest BCUT2D eigenvalue weighted by molar-refractivity contribution is 8.01. The van der Waals surface area contributed by atoms with Crippen LogP contribution in [0.25, 0.3) is 21.7 Å². The summed E-state index contributed by atoms with van der Waals surface area (Å²) in [5.74, 6) is -0.811. The molecule has 0 atom stereocenters. The second-order valence-corrected chi connectivity index (χ2v) is 8.04. The maximum atomic E-state index is 10.8. The van der Waals surface area contributed by atoms with Crippen LogP contribution in [0.3, 0.4) is 0 Å². The third kappa shape index (κ3) is 4.01. The molecule has 122 valence electrons. The van der Waals surface area contributed by atoms with Crippen LogP contribution in [0.1, 0.15) is 0 Å². The predicted octanol–water partition coefficient (Wildman–Crippen LogP) is 5.38. The first kappa shape index (κ1) is 17.1. The maximum Gasteiger partial charge on any atom is 0.313 e. The average molecular weight is 374 g/mol. The predicted molar refractivity (Wildman–Crippen MR) is 103 cm³/mol. The molecule has 0 bridgehead atoms. The lowest BCUT2D eigenvalue weighted by Crippen LogP contribution is -1.96. The summed E-state index contributed by atoms with van der Waals surface area (Å²) in [4.78, 5) is 17.8. The highest BCUT2D eigenvalue weighted by Crippen LogP contribution is 2.40. The van der Waals surface area contributed by atoms with Gasteiger partial charge in [0.05, 0.1) is 16.3 Å². The minimum atomic E-state index is -0.831. The molecule has 1 N–H and O–H groups in total. The van der Waals surface area contributed by atoms with E-state index in [2.05, 4.69) is 36.4 Å². The van der Waals surface area contributed by atoms with E-state index in [1.54, 1.807) is 23.1 Å². The number of benzene rings is 2. The Balaban J connectivity index is 2.03. The van der Waals surface area contributed by atoms with Crippen LogP contribution in [0.15, 0.2) is 63.8 Å². The summed E-state index contributed by atoms with van der Waals surface area (Å²) in [6.07, 6.45) is 2.05. The van der Waals surface area contributed by atoms with Crippen molar-refractivity contribution >= 4 is 40.8 Å². The van der Waals surface area contributed by atoms with Crippen LogP contribution < -0.4 is 0 Å². The van der Waals surface area contributed by atoms with Gasteiger partial charge in [0.1, 0.15) is 0 Å². The number of carboxylic acids is 1. The molecule has 1 heterocycles. The molecule has 3 rings (SSSR count). The maximum absolute atomic E-state index is 10.8. The average Bonchev–Trinajstić information content (AvgIpc) is 3.05. The molecule has 1 aromatic heterocycles. The van der Waals surface area contributed by atoms with Gasteiger partial charge in [-0.2, -0.15) is 0 Å². The normalized spacial score (nSPS) is 10.7. The van der Waals surface area contributed by atoms with E-state index in [9.17, 15) is 4.79 Å². The van der Waals surface area contributed by atoms with E-state index < -0.39 is 5.97 Å². The van der Waals surface area contributed by atoms with Crippen molar-refractivity contribution in [1.82, 2.24) is 4.98 Å². The van der Waals surface area contributed by atoms with Gasteiger partial charge in [-0.25, -0.2) is 4.98 Å². The fourth-order valence-corrected chi connectivity index (χ4v) is 4.51. The van der Waals surface area contributed by atoms with Crippen molar-refractivity contribution in [2.45, 2.75) is 9.24 Å². The molecule has 6 heteroatoms. The van der Waals surface area contributed by atoms with Crippen molar-refractivity contribution in [3.8, 4) is 21.7 Å². The van der Waals surface area contributed by atoms with Crippen LogP contribution in [0.4, 0.5) is 0 Å². The molecule has 0 amide bonds. The lowest BCUT2D eigenvalue weighted by atomic mass is 10.1. The zero-order valence-corrected chi connectivity index (χ0v) is 15.4. The smallest absolute Gasteiger partial charge is 0.313 e. The summed E-state index contributed by atoms with van der Waals surface area (Å²) in [6.45, 7) is 0. The SMILES string of the molecule is CSc1ccc(-c2nc(SCC(=O)O)sc2-c2ccccc2)cc1. The highest BCUT2D eigenvalue weighted by Gasteiger charge is 2.16. The molecular weight excluding hydrogens is 358 g/mol. The summed E-state index contributed by atoms with van der Waals surface area (Å²) in [6, 6.07) is 18.4. The second-order valence-electron chi connectivity index (χ2n) is 4.93. The molecule has 3 nitrogen and oxygen atoms in total. The van der Waals surface area contributed by atoms with Crippen molar-refractivity contribution in [3.63, 3.8) is 0 Å². The Morgan fingerprint density at radius 1 is 1.08 bits per heavy atom. The lowest BCUT2D eigenvalue weighted by Gasteiger charge is -2.03. The number of nitrogens with zero attached hydrogens (tertiary/aromatic N) is 1. The monoisotopic (exact) mass is 373 g/mol. The van der Waals surface area contributed by atoms with Crippen molar-refractivity contribution in [2.75, 3.05) is 12.0 Å². The molecule has 0 aliphatic carbocycles. The van der Waals surface area contributed by atoms with E-state index in [0.29, 0.717) is 0 Å². The van der Waals surface area contributed by atoms with E-state index in [-0.39, 0.29) is 5.75 Å². The fourth-order valence-electron chi connectivity index (χ4n) is 2.22. The molecule has 0 saturated carbocycles. The number of thiazole rings is 1. The standard InChI is InChI=1S/C18H15NO2S3/c1-22-14-9-7-12(8-10-14)16-17(13-5-3-2-4-6-13)24-18(19-16)23-11-15(20)21/h2-10H,11H2,1H3,(H,20,21). The quantitative estimate of drug-likeness (QED) is 0.588. The van der Waals surface area contributed by atoms with Crippen LogP contribution in [0.5, 0.6) is 0 Å². The van der Waals surface area contributed by atoms with Crippen LogP contribution in [-0.4, -0.2) is 28.1 Å². The molecule has 0 saturated heterocycles. The summed E-state index contributed by atoms with van der Waals surface area (Å²) < 4.78 is 0.778. The molecule has 0 spiro atoms. The minimum absolute atomic E-state index is 0.0204. The van der Waals surface area contributed by atoms with Crippen molar-refractivity contribution in [3.05, 3.63) is 54.6 Å². The van der Waals surface area contributed by atoms with Crippen LogP contribution in [0, 0.1) is 0 Å². The zero-order valence-electron chi connectivity index (χ0n) is 12.9. The van der Waals surface area contributed by atoms with Gasteiger partial charge in [0.15, 0.2) is 4.34 Å². The Morgan fingerprint density at radius 2 is 1.79 bits per heavy atom. The lowest BCUT2D eigenvalue weighted by molar-refractivity contribution is -0.133. The first-order valence-corrected chi connectivity index (χ1v) is 10.3. The number of hydrogen-bond donors (Lipinski definition) is 1. The summed E-state index contributed by atoms with van der Waals surface area (Å²) >= 11 is 4.51. The van der Waals surface area contributed by atoms with Gasteiger partial charge in [-0.05, 0) is 24.0 Å². The Morgan fingerprint density at radius 3 is 2.42 bits per heavy atom. The number of thioether (sulfide) groups is 2. The first-order valence-electron chi connectivity index (χ1n) is 7.22. The molecule has 3 aromatic rings. The van der Waals surface area contributed by atoms with Crippen molar-refractivity contribution in [1.29, 1.82) is 0 Å². The number of aromatic nitrogens is 1. The van der Waals surface area contributed by atoms with Gasteiger partial charge in [0, 0.05) is 10.5 Å². The van der Waals surface area contributed by atoms with E-state index >= 15 is 0 Å². The largest absolute Gasteiger partial charge is 0.481 e. The highest BCUT2D eigenvalue weighted by atomic mass is 32.2. The van der Waals surface area contributed by atoms with E-state index in [1.807, 2.05) is 24.5 Å². The number of carboxylic acid groups (broad SMARTS) is 1. The number of aliphatic carboxylic acids is 1. The van der Waals surface area contributed by atoms with E-state index in [1.165, 1.54) is 16.7 Å². The zero-order chi connectivity index (χ0) is 16.9. The van der Waals surface area contributed by atoms with Crippen LogP contribution in [0.2, 0.25) is 0 Å². The van der Waals surface area contributed by atoms with E-state index in [0.717, 1.165) is 26.0 Å². The van der Waals surface area contributed by atoms with Crippen LogP contribution >= 0.6 is 34.9 Å². The first-order chi connectivity index (χ1) is 11.7. The molecule has 0 radical (unpaired) electrons. The molecular formula is C18H15NO2S3. The van der Waals surface area contributed by atoms with Crippen LogP contribution in [-0.2, 0) is 4.79 Å². The minimum Gasteiger partial charge on any atom is -0.481 e. The topological polar surface area (TPSA) is 50.2 Å². The van der Waals surface area contributed by atoms with Gasteiger partial charge in [-0.1, -0.05) is 54.2 Å². The van der Waals surface area contributed by atoms with Crippen molar-refractivity contribution in [2.24, 2.45) is 0 Å². The fraction of sp³-hybridized carbons (Fsp3) is 0.111. The Hall–Kier alpha value is -1.76. The molecule has 24 heavy (non-hydrogen) atoms. The van der Waals surface area contributed by atoms with E-state index in [4.69, 9.17) is 10.1 Å². The molecule has 0 aliphatic rings. The Labute approximate surface area is 153 Å². The summed E-state index contributed by atoms with van der Waals surface area (Å²) in [7, 11) is 0. The molecule has 2 aromatic carbocycles. The molecule has 0 unspecified atom stereocenters. The van der Waals surface area contributed by atoms with Gasteiger partial charge in [-0.15, -0.1) is 23.1 Å². The number of rotatable bonds is 6. The third-order valence-electron chi connectivity index (χ3n) is 3.33. The molecule has 0 fully saturated rings. The third-order valence-corrected chi connectivity index (χ3v) is 6.30. The van der Waals surface area contributed by atoms with Gasteiger partial charge in [-0.3, -0.25) is 4.79 Å². The number of carbonyl (C=O) groups is 1. The number of hydrogen-bond acceptors (Lipinski definition) is 5.